The number of hydrogen-bond acceptors (Lipinski definition) is 3. The van der Waals surface area contributed by atoms with Crippen LogP contribution in [0.2, 0.25) is 5.02 Å². The number of hydrogen-bond donors (Lipinski definition) is 2. The Hall–Kier alpha value is -0.770. The van der Waals surface area contributed by atoms with Crippen LogP contribution in [-0.4, -0.2) is 30.8 Å². The Labute approximate surface area is 120 Å². The molecule has 0 saturated carbocycles. The lowest BCUT2D eigenvalue weighted by Crippen LogP contribution is -2.22. The van der Waals surface area contributed by atoms with Crippen molar-refractivity contribution in [2.24, 2.45) is 5.92 Å². The fourth-order valence-corrected chi connectivity index (χ4v) is 2.76. The lowest BCUT2D eigenvalue weighted by Gasteiger charge is -2.20. The zero-order valence-corrected chi connectivity index (χ0v) is 12.5. The highest BCUT2D eigenvalue weighted by atomic mass is 35.5. The van der Waals surface area contributed by atoms with Gasteiger partial charge < -0.3 is 15.3 Å². The number of aliphatic hydroxyl groups excluding tert-OH is 1. The summed E-state index contributed by atoms with van der Waals surface area (Å²) in [5.41, 5.74) is 2.30. The van der Waals surface area contributed by atoms with Crippen molar-refractivity contribution < 1.29 is 5.11 Å². The minimum absolute atomic E-state index is 0.268. The van der Waals surface area contributed by atoms with Crippen molar-refractivity contribution in [3.8, 4) is 0 Å². The standard InChI is InChI=1S/C15H23ClN2O/c1-11(2)17-8-12-3-4-15(14(16)7-12)18-6-5-13(9-18)10-19/h3-4,7,11,13,17,19H,5-6,8-10H2,1-2H3. The number of aliphatic hydroxyl groups is 1. The average molecular weight is 283 g/mol. The summed E-state index contributed by atoms with van der Waals surface area (Å²) >= 11 is 6.38. The van der Waals surface area contributed by atoms with E-state index in [-0.39, 0.29) is 6.61 Å². The van der Waals surface area contributed by atoms with Gasteiger partial charge in [-0.05, 0) is 24.1 Å². The highest BCUT2D eigenvalue weighted by molar-refractivity contribution is 6.33. The molecule has 1 saturated heterocycles. The van der Waals surface area contributed by atoms with Gasteiger partial charge in [0.2, 0.25) is 0 Å². The quantitative estimate of drug-likeness (QED) is 0.872. The highest BCUT2D eigenvalue weighted by Crippen LogP contribution is 2.31. The smallest absolute Gasteiger partial charge is 0.0642 e. The summed E-state index contributed by atoms with van der Waals surface area (Å²) in [4.78, 5) is 2.27. The second-order valence-electron chi connectivity index (χ2n) is 5.60. The van der Waals surface area contributed by atoms with Gasteiger partial charge in [-0.15, -0.1) is 0 Å². The summed E-state index contributed by atoms with van der Waals surface area (Å²) in [5.74, 6) is 0.387. The monoisotopic (exact) mass is 282 g/mol. The van der Waals surface area contributed by atoms with Crippen molar-refractivity contribution in [3.63, 3.8) is 0 Å². The number of halogens is 1. The molecule has 1 atom stereocenters. The van der Waals surface area contributed by atoms with Gasteiger partial charge in [-0.2, -0.15) is 0 Å². The molecule has 19 heavy (non-hydrogen) atoms. The van der Waals surface area contributed by atoms with Crippen LogP contribution in [0, 0.1) is 5.92 Å². The van der Waals surface area contributed by atoms with E-state index in [1.165, 1.54) is 5.56 Å². The number of rotatable bonds is 5. The average Bonchev–Trinajstić information content (AvgIpc) is 2.85. The van der Waals surface area contributed by atoms with Crippen molar-refractivity contribution in [3.05, 3.63) is 28.8 Å². The molecule has 4 heteroatoms. The summed E-state index contributed by atoms with van der Waals surface area (Å²) in [6, 6.07) is 6.74. The molecular formula is C15H23ClN2O. The second kappa shape index (κ2) is 6.60. The van der Waals surface area contributed by atoms with E-state index in [9.17, 15) is 5.11 Å². The molecule has 0 spiro atoms. The predicted octanol–water partition coefficient (Wildman–Crippen LogP) is 2.66. The van der Waals surface area contributed by atoms with Crippen molar-refractivity contribution in [2.45, 2.75) is 32.9 Å². The van der Waals surface area contributed by atoms with Gasteiger partial charge in [0.25, 0.3) is 0 Å². The Morgan fingerprint density at radius 3 is 2.84 bits per heavy atom. The molecule has 2 rings (SSSR count). The largest absolute Gasteiger partial charge is 0.396 e. The van der Waals surface area contributed by atoms with Crippen molar-refractivity contribution in [1.29, 1.82) is 0 Å². The minimum Gasteiger partial charge on any atom is -0.396 e. The summed E-state index contributed by atoms with van der Waals surface area (Å²) < 4.78 is 0. The number of nitrogens with one attached hydrogen (secondary N) is 1. The Balaban J connectivity index is 2.03. The van der Waals surface area contributed by atoms with Crippen LogP contribution in [-0.2, 0) is 6.54 Å². The lowest BCUT2D eigenvalue weighted by atomic mass is 10.1. The molecular weight excluding hydrogens is 260 g/mol. The molecule has 0 aliphatic carbocycles. The number of nitrogens with zero attached hydrogens (tertiary/aromatic N) is 1. The molecule has 1 fully saturated rings. The van der Waals surface area contributed by atoms with E-state index >= 15 is 0 Å². The first-order valence-corrected chi connectivity index (χ1v) is 7.35. The normalized spacial score (nSPS) is 19.4. The van der Waals surface area contributed by atoms with Crippen LogP contribution in [0.1, 0.15) is 25.8 Å². The molecule has 0 aromatic heterocycles. The summed E-state index contributed by atoms with van der Waals surface area (Å²) in [5, 5.41) is 13.4. The third-order valence-electron chi connectivity index (χ3n) is 3.61. The van der Waals surface area contributed by atoms with Gasteiger partial charge >= 0.3 is 0 Å². The van der Waals surface area contributed by atoms with E-state index in [1.54, 1.807) is 0 Å². The molecule has 0 radical (unpaired) electrons. The topological polar surface area (TPSA) is 35.5 Å². The molecule has 2 N–H and O–H groups in total. The van der Waals surface area contributed by atoms with Crippen LogP contribution in [0.5, 0.6) is 0 Å². The number of anilines is 1. The van der Waals surface area contributed by atoms with Gasteiger partial charge in [0, 0.05) is 38.2 Å². The fourth-order valence-electron chi connectivity index (χ4n) is 2.44. The van der Waals surface area contributed by atoms with E-state index in [1.807, 2.05) is 6.07 Å². The zero-order chi connectivity index (χ0) is 13.8. The van der Waals surface area contributed by atoms with Gasteiger partial charge in [-0.1, -0.05) is 31.5 Å². The van der Waals surface area contributed by atoms with Crippen LogP contribution in [0.3, 0.4) is 0 Å². The van der Waals surface area contributed by atoms with E-state index < -0.39 is 0 Å². The Kier molecular flexibility index (Phi) is 5.08. The molecule has 1 heterocycles. The second-order valence-corrected chi connectivity index (χ2v) is 6.01. The molecule has 1 aliphatic rings. The van der Waals surface area contributed by atoms with Gasteiger partial charge in [-0.3, -0.25) is 0 Å². The third kappa shape index (κ3) is 3.85. The van der Waals surface area contributed by atoms with Gasteiger partial charge in [-0.25, -0.2) is 0 Å². The minimum atomic E-state index is 0.268. The third-order valence-corrected chi connectivity index (χ3v) is 3.91. The molecule has 106 valence electrons. The molecule has 1 unspecified atom stereocenters. The summed E-state index contributed by atoms with van der Waals surface area (Å²) in [7, 11) is 0. The Morgan fingerprint density at radius 1 is 1.47 bits per heavy atom. The first kappa shape index (κ1) is 14.6. The first-order chi connectivity index (χ1) is 9.10. The highest BCUT2D eigenvalue weighted by Gasteiger charge is 2.23. The summed E-state index contributed by atoms with van der Waals surface area (Å²) in [6.45, 7) is 7.26. The van der Waals surface area contributed by atoms with Crippen LogP contribution >= 0.6 is 11.6 Å². The van der Waals surface area contributed by atoms with Gasteiger partial charge in [0.1, 0.15) is 0 Å². The molecule has 1 aromatic rings. The maximum absolute atomic E-state index is 9.20. The predicted molar refractivity (Wildman–Crippen MR) is 80.8 cm³/mol. The Morgan fingerprint density at radius 2 is 2.26 bits per heavy atom. The number of benzene rings is 1. The zero-order valence-electron chi connectivity index (χ0n) is 11.7. The van der Waals surface area contributed by atoms with E-state index in [0.717, 1.165) is 36.8 Å². The van der Waals surface area contributed by atoms with Crippen LogP contribution in [0.4, 0.5) is 5.69 Å². The molecule has 0 amide bonds. The van der Waals surface area contributed by atoms with Crippen molar-refractivity contribution in [1.82, 2.24) is 5.32 Å². The van der Waals surface area contributed by atoms with Crippen LogP contribution < -0.4 is 10.2 Å². The first-order valence-electron chi connectivity index (χ1n) is 6.97. The van der Waals surface area contributed by atoms with Gasteiger partial charge in [0.15, 0.2) is 0 Å². The summed E-state index contributed by atoms with van der Waals surface area (Å²) in [6.07, 6.45) is 1.05. The fraction of sp³-hybridized carbons (Fsp3) is 0.600. The van der Waals surface area contributed by atoms with Crippen LogP contribution in [0.25, 0.3) is 0 Å². The molecule has 0 bridgehead atoms. The van der Waals surface area contributed by atoms with Crippen LogP contribution in [0.15, 0.2) is 18.2 Å². The maximum atomic E-state index is 9.20. The molecule has 3 nitrogen and oxygen atoms in total. The van der Waals surface area contributed by atoms with E-state index in [0.29, 0.717) is 12.0 Å². The molecule has 1 aromatic carbocycles. The lowest BCUT2D eigenvalue weighted by molar-refractivity contribution is 0.238. The van der Waals surface area contributed by atoms with Crippen molar-refractivity contribution >= 4 is 17.3 Å². The maximum Gasteiger partial charge on any atom is 0.0642 e. The Bertz CT molecular complexity index is 423. The van der Waals surface area contributed by atoms with E-state index in [4.69, 9.17) is 11.6 Å². The molecule has 1 aliphatic heterocycles. The SMILES string of the molecule is CC(C)NCc1ccc(N2CCC(CO)C2)c(Cl)c1. The van der Waals surface area contributed by atoms with E-state index in [2.05, 4.69) is 36.2 Å². The van der Waals surface area contributed by atoms with Gasteiger partial charge in [0.05, 0.1) is 10.7 Å². The van der Waals surface area contributed by atoms with Crippen molar-refractivity contribution in [2.75, 3.05) is 24.6 Å².